The molecule has 0 aromatic rings. The Morgan fingerprint density at radius 2 is 1.06 bits per heavy atom. The number of allylic oxidation sites excluding steroid dienone is 2. The van der Waals surface area contributed by atoms with Gasteiger partial charge in [0.15, 0.2) is 0 Å². The summed E-state index contributed by atoms with van der Waals surface area (Å²) in [5, 5.41) is 8.81. The van der Waals surface area contributed by atoms with E-state index in [-0.39, 0.29) is 0 Å². The molecule has 2 aliphatic carbocycles. The first-order valence-corrected chi connectivity index (χ1v) is 9.25. The molecule has 2 aliphatic rings. The number of fused-ring (bicyclic) bond motifs is 2. The first-order valence-electron chi connectivity index (χ1n) is 9.25. The van der Waals surface area contributed by atoms with Gasteiger partial charge in [-0.3, -0.25) is 0 Å². The zero-order chi connectivity index (χ0) is 25.7. The van der Waals surface area contributed by atoms with Crippen molar-refractivity contribution in [1.82, 2.24) is 0 Å². The van der Waals surface area contributed by atoms with Gasteiger partial charge < -0.3 is 19.3 Å². The van der Waals surface area contributed by atoms with E-state index in [9.17, 15) is 52.7 Å². The van der Waals surface area contributed by atoms with Gasteiger partial charge >= 0.3 is 24.7 Å². The van der Waals surface area contributed by atoms with Crippen LogP contribution in [-0.2, 0) is 14.2 Å². The first kappa shape index (κ1) is 28.0. The van der Waals surface area contributed by atoms with E-state index in [1.807, 2.05) is 0 Å². The SMILES string of the molecule is CCOCOC(C1C2C=CC(C2)C1C(OCO)(C(F)(F)F)C(F)(F)F)(C(F)(F)F)C(F)(F)F. The molecule has 0 aromatic carbocycles. The maximum Gasteiger partial charge on any atom is 0.426 e. The van der Waals surface area contributed by atoms with E-state index in [0.29, 0.717) is 12.2 Å². The lowest BCUT2D eigenvalue weighted by atomic mass is 9.64. The zero-order valence-electron chi connectivity index (χ0n) is 16.5. The molecular formula is C17H18F12O4. The van der Waals surface area contributed by atoms with Crippen molar-refractivity contribution in [2.45, 2.75) is 49.3 Å². The van der Waals surface area contributed by atoms with Gasteiger partial charge in [0.1, 0.15) is 13.6 Å². The summed E-state index contributed by atoms with van der Waals surface area (Å²) in [6.07, 6.45) is -25.6. The van der Waals surface area contributed by atoms with Gasteiger partial charge in [-0.15, -0.1) is 0 Å². The molecule has 0 spiro atoms. The number of ether oxygens (including phenoxy) is 3. The van der Waals surface area contributed by atoms with Crippen LogP contribution in [0.4, 0.5) is 52.7 Å². The van der Waals surface area contributed by atoms with Crippen LogP contribution in [-0.4, -0.2) is 61.2 Å². The van der Waals surface area contributed by atoms with Crippen molar-refractivity contribution in [2.75, 3.05) is 20.2 Å². The Bertz CT molecular complexity index is 681. The Labute approximate surface area is 178 Å². The van der Waals surface area contributed by atoms with Crippen molar-refractivity contribution < 1.29 is 72.0 Å². The largest absolute Gasteiger partial charge is 0.426 e. The lowest BCUT2D eigenvalue weighted by Crippen LogP contribution is -2.72. The summed E-state index contributed by atoms with van der Waals surface area (Å²) >= 11 is 0. The molecule has 0 radical (unpaired) electrons. The summed E-state index contributed by atoms with van der Waals surface area (Å²) in [6.45, 7) is -3.31. The smallest absolute Gasteiger partial charge is 0.371 e. The van der Waals surface area contributed by atoms with Crippen LogP contribution in [0.25, 0.3) is 0 Å². The highest BCUT2D eigenvalue weighted by molar-refractivity contribution is 5.25. The predicted molar refractivity (Wildman–Crippen MR) is 83.1 cm³/mol. The molecule has 194 valence electrons. The normalized spacial score (nSPS) is 27.0. The van der Waals surface area contributed by atoms with Crippen LogP contribution in [0.3, 0.4) is 0 Å². The van der Waals surface area contributed by atoms with Crippen molar-refractivity contribution in [2.24, 2.45) is 23.7 Å². The van der Waals surface area contributed by atoms with Crippen LogP contribution >= 0.6 is 0 Å². The number of rotatable bonds is 8. The second-order valence-electron chi connectivity index (χ2n) is 7.49. The van der Waals surface area contributed by atoms with E-state index >= 15 is 0 Å². The van der Waals surface area contributed by atoms with Gasteiger partial charge in [-0.1, -0.05) is 12.2 Å². The maximum atomic E-state index is 14.0. The molecule has 4 nitrogen and oxygen atoms in total. The third-order valence-corrected chi connectivity index (χ3v) is 5.95. The Hall–Kier alpha value is -1.26. The van der Waals surface area contributed by atoms with Gasteiger partial charge in [-0.05, 0) is 25.2 Å². The molecule has 0 aromatic heterocycles. The van der Waals surface area contributed by atoms with Crippen LogP contribution in [0.5, 0.6) is 0 Å². The van der Waals surface area contributed by atoms with E-state index in [1.54, 1.807) is 0 Å². The van der Waals surface area contributed by atoms with Crippen LogP contribution in [0.2, 0.25) is 0 Å². The van der Waals surface area contributed by atoms with Crippen molar-refractivity contribution >= 4 is 0 Å². The van der Waals surface area contributed by atoms with E-state index < -0.39 is 86.2 Å². The van der Waals surface area contributed by atoms with Gasteiger partial charge in [0.2, 0.25) is 0 Å². The minimum atomic E-state index is -6.56. The molecule has 1 fully saturated rings. The Morgan fingerprint density at radius 1 is 0.697 bits per heavy atom. The number of halogens is 12. The number of hydrogen-bond donors (Lipinski definition) is 1. The molecular weight excluding hydrogens is 496 g/mol. The molecule has 2 bridgehead atoms. The maximum absolute atomic E-state index is 14.0. The summed E-state index contributed by atoms with van der Waals surface area (Å²) < 4.78 is 180. The predicted octanol–water partition coefficient (Wildman–Crippen LogP) is 5.13. The fourth-order valence-corrected chi connectivity index (χ4v) is 4.85. The number of alkyl halides is 12. The Kier molecular flexibility index (Phi) is 7.42. The van der Waals surface area contributed by atoms with Gasteiger partial charge in [0, 0.05) is 18.4 Å². The minimum absolute atomic E-state index is 0.464. The topological polar surface area (TPSA) is 47.9 Å². The van der Waals surface area contributed by atoms with Crippen molar-refractivity contribution in [1.29, 1.82) is 0 Å². The number of hydrogen-bond acceptors (Lipinski definition) is 4. The average Bonchev–Trinajstić information content (AvgIpc) is 3.20. The lowest BCUT2D eigenvalue weighted by molar-refractivity contribution is -0.444. The molecule has 16 heteroatoms. The van der Waals surface area contributed by atoms with E-state index in [4.69, 9.17) is 5.11 Å². The number of aliphatic hydroxyl groups is 1. The fourth-order valence-electron chi connectivity index (χ4n) is 4.85. The average molecular weight is 514 g/mol. The summed E-state index contributed by atoms with van der Waals surface area (Å²) in [5.74, 6) is -11.0. The second-order valence-corrected chi connectivity index (χ2v) is 7.49. The first-order chi connectivity index (χ1) is 14.8. The monoisotopic (exact) mass is 514 g/mol. The molecule has 4 atom stereocenters. The lowest BCUT2D eigenvalue weighted by Gasteiger charge is -2.51. The van der Waals surface area contributed by atoms with E-state index in [1.165, 1.54) is 0 Å². The van der Waals surface area contributed by atoms with Crippen molar-refractivity contribution in [3.8, 4) is 0 Å². The van der Waals surface area contributed by atoms with Crippen molar-refractivity contribution in [3.63, 3.8) is 0 Å². The summed E-state index contributed by atoms with van der Waals surface area (Å²) in [6, 6.07) is 0. The molecule has 0 heterocycles. The van der Waals surface area contributed by atoms with Gasteiger partial charge in [-0.25, -0.2) is 0 Å². The second kappa shape index (κ2) is 8.75. The molecule has 4 unspecified atom stereocenters. The molecule has 1 N–H and O–H groups in total. The number of aliphatic hydroxyl groups excluding tert-OH is 1. The van der Waals surface area contributed by atoms with Crippen LogP contribution < -0.4 is 0 Å². The molecule has 1 saturated carbocycles. The van der Waals surface area contributed by atoms with E-state index in [2.05, 4.69) is 14.2 Å². The molecule has 2 rings (SSSR count). The Morgan fingerprint density at radius 3 is 1.36 bits per heavy atom. The molecule has 0 aliphatic heterocycles. The molecule has 33 heavy (non-hydrogen) atoms. The summed E-state index contributed by atoms with van der Waals surface area (Å²) in [7, 11) is 0. The van der Waals surface area contributed by atoms with Crippen molar-refractivity contribution in [3.05, 3.63) is 12.2 Å². The van der Waals surface area contributed by atoms with Gasteiger partial charge in [0.05, 0.1) is 0 Å². The quantitative estimate of drug-likeness (QED) is 0.211. The standard InChI is InChI=1S/C17H18F12O4/c1-2-31-7-33-13(16(24,25)26,17(27,28)29)11-9-4-3-8(5-9)10(11)12(32-6-30,14(18,19)20)15(21,22)23/h3-4,8-11,30H,2,5-7H2,1H3. The zero-order valence-corrected chi connectivity index (χ0v) is 16.5. The van der Waals surface area contributed by atoms with Gasteiger partial charge in [0.25, 0.3) is 11.2 Å². The van der Waals surface area contributed by atoms with Gasteiger partial charge in [-0.2, -0.15) is 52.7 Å². The fraction of sp³-hybridized carbons (Fsp3) is 0.882. The third-order valence-electron chi connectivity index (χ3n) is 5.95. The minimum Gasteiger partial charge on any atom is -0.371 e. The summed E-state index contributed by atoms with van der Waals surface area (Å²) in [4.78, 5) is 0. The molecule has 0 saturated heterocycles. The molecule has 0 amide bonds. The Balaban J connectivity index is 2.89. The highest BCUT2D eigenvalue weighted by Gasteiger charge is 2.86. The third kappa shape index (κ3) is 4.20. The van der Waals surface area contributed by atoms with Crippen LogP contribution in [0, 0.1) is 23.7 Å². The highest BCUT2D eigenvalue weighted by Crippen LogP contribution is 2.68. The van der Waals surface area contributed by atoms with E-state index in [0.717, 1.165) is 6.92 Å². The van der Waals surface area contributed by atoms with Crippen LogP contribution in [0.15, 0.2) is 12.2 Å². The summed E-state index contributed by atoms with van der Waals surface area (Å²) in [5.41, 5.74) is -11.0. The van der Waals surface area contributed by atoms with Crippen LogP contribution in [0.1, 0.15) is 13.3 Å². The highest BCUT2D eigenvalue weighted by atomic mass is 19.4.